The van der Waals surface area contributed by atoms with Crippen LogP contribution in [-0.4, -0.2) is 42.1 Å². The number of hydrogen-bond acceptors (Lipinski definition) is 4. The molecule has 3 rings (SSSR count). The first-order valence-corrected chi connectivity index (χ1v) is 7.04. The van der Waals surface area contributed by atoms with Crippen LogP contribution in [-0.2, 0) is 0 Å². The van der Waals surface area contributed by atoms with Gasteiger partial charge < -0.3 is 16.0 Å². The average molecular weight is 236 g/mol. The van der Waals surface area contributed by atoms with Gasteiger partial charge in [0.25, 0.3) is 0 Å². The molecule has 3 N–H and O–H groups in total. The summed E-state index contributed by atoms with van der Waals surface area (Å²) in [5.74, 6) is 1.45. The van der Waals surface area contributed by atoms with Crippen LogP contribution < -0.4 is 11.1 Å². The third-order valence-electron chi connectivity index (χ3n) is 5.03. The van der Waals surface area contributed by atoms with Gasteiger partial charge in [0.1, 0.15) is 0 Å². The van der Waals surface area contributed by atoms with Crippen LogP contribution in [0.5, 0.6) is 0 Å². The largest absolute Gasteiger partial charge is 0.370 e. The lowest BCUT2D eigenvalue weighted by molar-refractivity contribution is 0.0633. The van der Waals surface area contributed by atoms with E-state index in [4.69, 9.17) is 5.73 Å². The highest BCUT2D eigenvalue weighted by Gasteiger charge is 2.50. The summed E-state index contributed by atoms with van der Waals surface area (Å²) in [7, 11) is 0. The summed E-state index contributed by atoms with van der Waals surface area (Å²) in [5.41, 5.74) is 6.41. The molecule has 3 aliphatic rings. The van der Waals surface area contributed by atoms with E-state index in [-0.39, 0.29) is 5.54 Å². The zero-order valence-corrected chi connectivity index (χ0v) is 10.8. The molecule has 0 bridgehead atoms. The standard InChI is InChI=1S/C13H24N4/c1-10-8-15-7-6-13(10)9-16-12(14)17(13)11-4-2-3-5-11/h10-11,15H,2-9H2,1H3,(H2,14,16). The van der Waals surface area contributed by atoms with Crippen molar-refractivity contribution in [2.45, 2.75) is 50.6 Å². The molecule has 2 atom stereocenters. The van der Waals surface area contributed by atoms with Gasteiger partial charge in [0.2, 0.25) is 0 Å². The summed E-state index contributed by atoms with van der Waals surface area (Å²) in [5, 5.41) is 3.49. The van der Waals surface area contributed by atoms with Gasteiger partial charge >= 0.3 is 0 Å². The minimum absolute atomic E-state index is 0.227. The van der Waals surface area contributed by atoms with Crippen molar-refractivity contribution in [3.63, 3.8) is 0 Å². The fourth-order valence-electron chi connectivity index (χ4n) is 3.96. The van der Waals surface area contributed by atoms with Crippen molar-refractivity contribution in [2.75, 3.05) is 19.6 Å². The lowest BCUT2D eigenvalue weighted by atomic mass is 9.78. The lowest BCUT2D eigenvalue weighted by Crippen LogP contribution is -2.63. The highest BCUT2D eigenvalue weighted by molar-refractivity contribution is 5.81. The third kappa shape index (κ3) is 1.65. The number of nitrogens with two attached hydrogens (primary N) is 1. The number of nitrogens with one attached hydrogen (secondary N) is 1. The summed E-state index contributed by atoms with van der Waals surface area (Å²) in [6.45, 7) is 5.47. The van der Waals surface area contributed by atoms with E-state index in [0.717, 1.165) is 25.6 Å². The Kier molecular flexibility index (Phi) is 2.77. The van der Waals surface area contributed by atoms with Crippen LogP contribution in [0.2, 0.25) is 0 Å². The fourth-order valence-corrected chi connectivity index (χ4v) is 3.96. The molecule has 2 unspecified atom stereocenters. The van der Waals surface area contributed by atoms with Crippen LogP contribution in [0.1, 0.15) is 39.0 Å². The molecule has 2 fully saturated rings. The Morgan fingerprint density at radius 3 is 2.88 bits per heavy atom. The Bertz CT molecular complexity index is 321. The summed E-state index contributed by atoms with van der Waals surface area (Å²) < 4.78 is 0. The van der Waals surface area contributed by atoms with E-state index in [1.807, 2.05) is 0 Å². The van der Waals surface area contributed by atoms with Crippen molar-refractivity contribution in [2.24, 2.45) is 16.6 Å². The smallest absolute Gasteiger partial charge is 0.192 e. The predicted octanol–water partition coefficient (Wildman–Crippen LogP) is 0.928. The maximum atomic E-state index is 6.18. The molecule has 0 aromatic heterocycles. The SMILES string of the molecule is CC1CNCCC12CN=C(N)N2C1CCCC1. The molecule has 4 heteroatoms. The van der Waals surface area contributed by atoms with E-state index >= 15 is 0 Å². The van der Waals surface area contributed by atoms with Gasteiger partial charge in [0.05, 0.1) is 12.1 Å². The minimum atomic E-state index is 0.227. The molecule has 2 heterocycles. The molecule has 96 valence electrons. The summed E-state index contributed by atoms with van der Waals surface area (Å²) >= 11 is 0. The van der Waals surface area contributed by atoms with E-state index in [1.54, 1.807) is 0 Å². The van der Waals surface area contributed by atoms with E-state index in [9.17, 15) is 0 Å². The van der Waals surface area contributed by atoms with E-state index in [1.165, 1.54) is 32.1 Å². The first-order valence-electron chi connectivity index (χ1n) is 7.04. The molecule has 1 aliphatic carbocycles. The molecule has 0 aromatic rings. The molecule has 4 nitrogen and oxygen atoms in total. The minimum Gasteiger partial charge on any atom is -0.370 e. The Morgan fingerprint density at radius 2 is 2.18 bits per heavy atom. The predicted molar refractivity (Wildman–Crippen MR) is 70.0 cm³/mol. The van der Waals surface area contributed by atoms with Gasteiger partial charge in [-0.1, -0.05) is 19.8 Å². The lowest BCUT2D eigenvalue weighted by Gasteiger charge is -2.49. The molecule has 2 aliphatic heterocycles. The molecule has 17 heavy (non-hydrogen) atoms. The third-order valence-corrected chi connectivity index (χ3v) is 5.03. The second kappa shape index (κ2) is 4.16. The molecule has 1 saturated heterocycles. The van der Waals surface area contributed by atoms with Crippen LogP contribution in [0.15, 0.2) is 4.99 Å². The Hall–Kier alpha value is -0.770. The monoisotopic (exact) mass is 236 g/mol. The van der Waals surface area contributed by atoms with E-state index < -0.39 is 0 Å². The van der Waals surface area contributed by atoms with Gasteiger partial charge in [-0.3, -0.25) is 4.99 Å². The van der Waals surface area contributed by atoms with Crippen LogP contribution in [0.25, 0.3) is 0 Å². The van der Waals surface area contributed by atoms with Gasteiger partial charge in [0.15, 0.2) is 5.96 Å². The number of hydrogen-bond donors (Lipinski definition) is 2. The Balaban J connectivity index is 1.88. The highest BCUT2D eigenvalue weighted by Crippen LogP contribution is 2.39. The Labute approximate surface area is 104 Å². The number of aliphatic imine (C=N–C) groups is 1. The molecule has 0 aromatic carbocycles. The molecule has 1 saturated carbocycles. The summed E-state index contributed by atoms with van der Waals surface area (Å²) in [4.78, 5) is 7.09. The number of piperidine rings is 1. The molecule has 0 amide bonds. The number of nitrogens with zero attached hydrogens (tertiary/aromatic N) is 2. The fraction of sp³-hybridized carbons (Fsp3) is 0.923. The van der Waals surface area contributed by atoms with E-state index in [2.05, 4.69) is 22.1 Å². The second-order valence-corrected chi connectivity index (χ2v) is 5.94. The van der Waals surface area contributed by atoms with Crippen molar-refractivity contribution in [1.82, 2.24) is 10.2 Å². The van der Waals surface area contributed by atoms with Gasteiger partial charge in [-0.15, -0.1) is 0 Å². The zero-order valence-electron chi connectivity index (χ0n) is 10.8. The molecule has 0 radical (unpaired) electrons. The number of rotatable bonds is 1. The van der Waals surface area contributed by atoms with Gasteiger partial charge in [-0.2, -0.15) is 0 Å². The van der Waals surface area contributed by atoms with Crippen LogP contribution in [0, 0.1) is 5.92 Å². The van der Waals surface area contributed by atoms with Crippen molar-refractivity contribution in [3.8, 4) is 0 Å². The maximum absolute atomic E-state index is 6.18. The van der Waals surface area contributed by atoms with E-state index in [0.29, 0.717) is 12.0 Å². The van der Waals surface area contributed by atoms with Crippen LogP contribution >= 0.6 is 0 Å². The van der Waals surface area contributed by atoms with Crippen molar-refractivity contribution in [3.05, 3.63) is 0 Å². The first-order chi connectivity index (χ1) is 8.24. The topological polar surface area (TPSA) is 53.6 Å². The normalized spacial score (nSPS) is 39.0. The number of guanidine groups is 1. The van der Waals surface area contributed by atoms with Crippen LogP contribution in [0.4, 0.5) is 0 Å². The van der Waals surface area contributed by atoms with Gasteiger partial charge in [-0.25, -0.2) is 0 Å². The quantitative estimate of drug-likeness (QED) is 0.712. The van der Waals surface area contributed by atoms with Gasteiger partial charge in [0, 0.05) is 12.6 Å². The van der Waals surface area contributed by atoms with Crippen LogP contribution in [0.3, 0.4) is 0 Å². The first kappa shape index (κ1) is 11.3. The van der Waals surface area contributed by atoms with Crippen molar-refractivity contribution in [1.29, 1.82) is 0 Å². The summed E-state index contributed by atoms with van der Waals surface area (Å²) in [6.07, 6.45) is 6.51. The van der Waals surface area contributed by atoms with Crippen molar-refractivity contribution >= 4 is 5.96 Å². The Morgan fingerprint density at radius 1 is 1.41 bits per heavy atom. The molecular formula is C13H24N4. The molecule has 1 spiro atoms. The van der Waals surface area contributed by atoms with Crippen molar-refractivity contribution < 1.29 is 0 Å². The summed E-state index contributed by atoms with van der Waals surface area (Å²) in [6, 6.07) is 0.654. The zero-order chi connectivity index (χ0) is 11.9. The second-order valence-electron chi connectivity index (χ2n) is 5.94. The maximum Gasteiger partial charge on any atom is 0.192 e. The average Bonchev–Trinajstić information content (AvgIpc) is 2.92. The molecular weight excluding hydrogens is 212 g/mol. The van der Waals surface area contributed by atoms with Gasteiger partial charge in [-0.05, 0) is 31.7 Å². The highest BCUT2D eigenvalue weighted by atomic mass is 15.4.